The Hall–Kier alpha value is -2.55. The van der Waals surface area contributed by atoms with Crippen molar-refractivity contribution in [3.05, 3.63) is 64.1 Å². The number of benzene rings is 2. The minimum absolute atomic E-state index is 0.360. The van der Waals surface area contributed by atoms with E-state index in [1.165, 1.54) is 5.56 Å². The summed E-state index contributed by atoms with van der Waals surface area (Å²) in [6.45, 7) is 2.09. The van der Waals surface area contributed by atoms with Gasteiger partial charge >= 0.3 is 12.1 Å². The predicted octanol–water partition coefficient (Wildman–Crippen LogP) is 4.56. The van der Waals surface area contributed by atoms with Gasteiger partial charge in [-0.05, 0) is 49.6 Å². The average molecular weight is 458 g/mol. The third-order valence-electron chi connectivity index (χ3n) is 4.01. The average Bonchev–Trinajstić information content (AvgIpc) is 2.60. The predicted molar refractivity (Wildman–Crippen MR) is 105 cm³/mol. The minimum Gasteiger partial charge on any atom is -0.475 e. The Bertz CT molecular complexity index is 887. The highest BCUT2D eigenvalue weighted by molar-refractivity contribution is 9.10. The summed E-state index contributed by atoms with van der Waals surface area (Å²) in [6, 6.07) is 16.4. The lowest BCUT2D eigenvalue weighted by Gasteiger charge is -2.33. The minimum atomic E-state index is -5.08. The second-order valence-corrected chi connectivity index (χ2v) is 7.29. The van der Waals surface area contributed by atoms with Gasteiger partial charge in [-0.2, -0.15) is 13.2 Å². The van der Waals surface area contributed by atoms with Crippen LogP contribution in [-0.4, -0.2) is 28.8 Å². The number of carbonyl (C=O) groups is 1. The Morgan fingerprint density at radius 3 is 2.50 bits per heavy atom. The number of para-hydroxylation sites is 1. The summed E-state index contributed by atoms with van der Waals surface area (Å²) in [5.41, 5.74) is 9.09. The van der Waals surface area contributed by atoms with Crippen LogP contribution in [0.3, 0.4) is 0 Å². The van der Waals surface area contributed by atoms with E-state index < -0.39 is 12.1 Å². The molecule has 2 aromatic rings. The molecule has 0 saturated carbocycles. The molecule has 1 heterocycles. The van der Waals surface area contributed by atoms with E-state index in [-0.39, 0.29) is 5.66 Å². The summed E-state index contributed by atoms with van der Waals surface area (Å²) in [5.74, 6) is -2.14. The first-order valence-corrected chi connectivity index (χ1v) is 9.07. The van der Waals surface area contributed by atoms with Crippen LogP contribution in [0.5, 0.6) is 0 Å². The van der Waals surface area contributed by atoms with Crippen molar-refractivity contribution in [3.63, 3.8) is 0 Å². The number of rotatable bonds is 3. The molecule has 9 heteroatoms. The topological polar surface area (TPSA) is 87.7 Å². The largest absolute Gasteiger partial charge is 0.490 e. The Balaban J connectivity index is 0.000000345. The van der Waals surface area contributed by atoms with E-state index >= 15 is 0 Å². The number of aryl methyl sites for hydroxylation is 1. The standard InChI is InChI=1S/C17H18BrN3.C2HF3O2/c1-17(10-9-12-5-4-6-13(18)11-12)20-15-8-3-2-7-14(15)16(19)21-17;3-2(4,5)1(6)7/h2-8,11,20H,9-10H2,1H3,(H2,19,21);(H,6,7). The molecule has 1 aliphatic rings. The molecular formula is C19H19BrF3N3O2. The van der Waals surface area contributed by atoms with Crippen LogP contribution in [0.4, 0.5) is 18.9 Å². The number of nitrogens with one attached hydrogen (secondary N) is 1. The quantitative estimate of drug-likeness (QED) is 0.630. The van der Waals surface area contributed by atoms with Gasteiger partial charge in [0, 0.05) is 15.7 Å². The summed E-state index contributed by atoms with van der Waals surface area (Å²) < 4.78 is 32.8. The van der Waals surface area contributed by atoms with Crippen LogP contribution in [0, 0.1) is 0 Å². The zero-order valence-electron chi connectivity index (χ0n) is 14.9. The van der Waals surface area contributed by atoms with E-state index in [0.717, 1.165) is 28.6 Å². The number of fused-ring (bicyclic) bond motifs is 1. The molecule has 0 bridgehead atoms. The first-order chi connectivity index (χ1) is 13.0. The Morgan fingerprint density at radius 2 is 1.89 bits per heavy atom. The molecule has 0 amide bonds. The highest BCUT2D eigenvalue weighted by atomic mass is 79.9. The van der Waals surface area contributed by atoms with E-state index in [4.69, 9.17) is 15.6 Å². The van der Waals surface area contributed by atoms with Crippen molar-refractivity contribution >= 4 is 33.4 Å². The number of halogens is 4. The molecule has 5 nitrogen and oxygen atoms in total. The number of carboxylic acid groups (broad SMARTS) is 1. The Labute approximate surface area is 168 Å². The zero-order valence-corrected chi connectivity index (χ0v) is 16.5. The summed E-state index contributed by atoms with van der Waals surface area (Å²) in [6.07, 6.45) is -3.25. The Morgan fingerprint density at radius 1 is 1.25 bits per heavy atom. The van der Waals surface area contributed by atoms with Crippen LogP contribution in [0.2, 0.25) is 0 Å². The number of hydrogen-bond donors (Lipinski definition) is 3. The van der Waals surface area contributed by atoms with E-state index in [1.807, 2.05) is 30.3 Å². The summed E-state index contributed by atoms with van der Waals surface area (Å²) in [5, 5.41) is 10.6. The van der Waals surface area contributed by atoms with E-state index in [0.29, 0.717) is 5.84 Å². The third-order valence-corrected chi connectivity index (χ3v) is 4.50. The number of carboxylic acids is 1. The molecule has 1 unspecified atom stereocenters. The summed E-state index contributed by atoms with van der Waals surface area (Å²) >= 11 is 3.51. The van der Waals surface area contributed by atoms with Gasteiger partial charge in [-0.1, -0.05) is 40.2 Å². The van der Waals surface area contributed by atoms with Crippen molar-refractivity contribution in [2.75, 3.05) is 5.32 Å². The molecule has 2 aromatic carbocycles. The first kappa shape index (κ1) is 21.7. The molecule has 0 radical (unpaired) electrons. The van der Waals surface area contributed by atoms with Crippen molar-refractivity contribution in [2.24, 2.45) is 10.7 Å². The number of nitrogens with two attached hydrogens (primary N) is 1. The second kappa shape index (κ2) is 8.64. The van der Waals surface area contributed by atoms with Crippen molar-refractivity contribution in [2.45, 2.75) is 31.6 Å². The second-order valence-electron chi connectivity index (χ2n) is 6.37. The number of hydrogen-bond acceptors (Lipinski definition) is 4. The SMILES string of the molecule is CC1(CCc2cccc(Br)c2)N=C(N)c2ccccc2N1.O=C(O)C(F)(F)F. The summed E-state index contributed by atoms with van der Waals surface area (Å²) in [4.78, 5) is 13.6. The highest BCUT2D eigenvalue weighted by Gasteiger charge is 2.38. The van der Waals surface area contributed by atoms with Gasteiger partial charge in [-0.25, -0.2) is 9.79 Å². The van der Waals surface area contributed by atoms with Gasteiger partial charge in [0.25, 0.3) is 0 Å². The molecule has 4 N–H and O–H groups in total. The van der Waals surface area contributed by atoms with Crippen LogP contribution in [0.15, 0.2) is 58.0 Å². The van der Waals surface area contributed by atoms with Gasteiger partial charge in [0.15, 0.2) is 0 Å². The molecule has 0 aliphatic carbocycles. The van der Waals surface area contributed by atoms with Crippen LogP contribution >= 0.6 is 15.9 Å². The highest BCUT2D eigenvalue weighted by Crippen LogP contribution is 2.29. The van der Waals surface area contributed by atoms with Crippen LogP contribution in [-0.2, 0) is 11.2 Å². The monoisotopic (exact) mass is 457 g/mol. The Kier molecular flexibility index (Phi) is 6.71. The number of anilines is 1. The molecule has 1 aliphatic heterocycles. The van der Waals surface area contributed by atoms with Crippen LogP contribution in [0.1, 0.15) is 24.5 Å². The maximum absolute atomic E-state index is 10.6. The number of alkyl halides is 3. The number of aliphatic imine (C=N–C) groups is 1. The molecule has 1 atom stereocenters. The van der Waals surface area contributed by atoms with Gasteiger partial charge in [-0.3, -0.25) is 0 Å². The van der Waals surface area contributed by atoms with E-state index in [1.54, 1.807) is 0 Å². The lowest BCUT2D eigenvalue weighted by Crippen LogP contribution is -2.40. The van der Waals surface area contributed by atoms with Crippen molar-refractivity contribution in [1.29, 1.82) is 0 Å². The van der Waals surface area contributed by atoms with E-state index in [2.05, 4.69) is 51.4 Å². The molecule has 28 heavy (non-hydrogen) atoms. The fourth-order valence-corrected chi connectivity index (χ4v) is 3.10. The zero-order chi connectivity index (χ0) is 20.9. The lowest BCUT2D eigenvalue weighted by atomic mass is 9.98. The molecule has 0 spiro atoms. The molecule has 0 saturated heterocycles. The first-order valence-electron chi connectivity index (χ1n) is 8.28. The fourth-order valence-electron chi connectivity index (χ4n) is 2.66. The van der Waals surface area contributed by atoms with Gasteiger partial charge in [0.1, 0.15) is 11.5 Å². The van der Waals surface area contributed by atoms with Gasteiger partial charge in [0.2, 0.25) is 0 Å². The van der Waals surface area contributed by atoms with Crippen molar-refractivity contribution < 1.29 is 23.1 Å². The molecule has 0 fully saturated rings. The normalized spacial score (nSPS) is 18.1. The molecule has 150 valence electrons. The number of nitrogens with zero attached hydrogens (tertiary/aromatic N) is 1. The fraction of sp³-hybridized carbons (Fsp3) is 0.263. The third kappa shape index (κ3) is 5.98. The van der Waals surface area contributed by atoms with Crippen LogP contribution < -0.4 is 11.1 Å². The lowest BCUT2D eigenvalue weighted by molar-refractivity contribution is -0.192. The molecule has 3 rings (SSSR count). The maximum Gasteiger partial charge on any atom is 0.490 e. The van der Waals surface area contributed by atoms with Crippen molar-refractivity contribution in [1.82, 2.24) is 0 Å². The number of amidine groups is 1. The molecular weight excluding hydrogens is 439 g/mol. The van der Waals surface area contributed by atoms with Gasteiger partial charge < -0.3 is 16.2 Å². The smallest absolute Gasteiger partial charge is 0.475 e. The summed E-state index contributed by atoms with van der Waals surface area (Å²) in [7, 11) is 0. The van der Waals surface area contributed by atoms with Crippen LogP contribution in [0.25, 0.3) is 0 Å². The molecule has 0 aromatic heterocycles. The van der Waals surface area contributed by atoms with E-state index in [9.17, 15) is 13.2 Å². The van der Waals surface area contributed by atoms with Gasteiger partial charge in [-0.15, -0.1) is 0 Å². The number of aliphatic carboxylic acids is 1. The maximum atomic E-state index is 10.6. The van der Waals surface area contributed by atoms with Gasteiger partial charge in [0.05, 0.1) is 0 Å². The van der Waals surface area contributed by atoms with Crippen molar-refractivity contribution in [3.8, 4) is 0 Å².